The Morgan fingerprint density at radius 3 is 2.53 bits per heavy atom. The largest absolute Gasteiger partial charge is 0.463 e. The Morgan fingerprint density at radius 1 is 1.26 bits per heavy atom. The summed E-state index contributed by atoms with van der Waals surface area (Å²) < 4.78 is 19.9. The van der Waals surface area contributed by atoms with Gasteiger partial charge in [0.1, 0.15) is 25.9 Å². The number of hydrogen-bond donors (Lipinski definition) is 0. The SMILES string of the molecule is CCC(C)(C)C(=O)OCCOCC(=O)OCC1CO1. The molecule has 1 atom stereocenters. The average Bonchev–Trinajstić information content (AvgIpc) is 3.19. The molecule has 0 amide bonds. The van der Waals surface area contributed by atoms with E-state index in [2.05, 4.69) is 0 Å². The molecule has 1 rings (SSSR count). The molecule has 0 aromatic carbocycles. The van der Waals surface area contributed by atoms with Crippen LogP contribution >= 0.6 is 0 Å². The van der Waals surface area contributed by atoms with Crippen molar-refractivity contribution >= 4 is 11.9 Å². The van der Waals surface area contributed by atoms with Crippen LogP contribution in [-0.2, 0) is 28.5 Å². The average molecular weight is 274 g/mol. The van der Waals surface area contributed by atoms with Gasteiger partial charge in [-0.05, 0) is 20.3 Å². The molecule has 0 spiro atoms. The Labute approximate surface area is 113 Å². The molecule has 0 saturated carbocycles. The van der Waals surface area contributed by atoms with Gasteiger partial charge in [-0.1, -0.05) is 6.92 Å². The molecule has 0 bridgehead atoms. The topological polar surface area (TPSA) is 74.4 Å². The van der Waals surface area contributed by atoms with Crippen LogP contribution in [0.4, 0.5) is 0 Å². The van der Waals surface area contributed by atoms with Gasteiger partial charge in [-0.2, -0.15) is 0 Å². The first-order valence-electron chi connectivity index (χ1n) is 6.48. The molecule has 0 aromatic rings. The van der Waals surface area contributed by atoms with Gasteiger partial charge in [0.15, 0.2) is 0 Å². The van der Waals surface area contributed by atoms with Crippen molar-refractivity contribution in [3.63, 3.8) is 0 Å². The second-order valence-electron chi connectivity index (χ2n) is 5.06. The fourth-order valence-corrected chi connectivity index (χ4v) is 1.08. The minimum atomic E-state index is -0.483. The van der Waals surface area contributed by atoms with E-state index in [4.69, 9.17) is 18.9 Å². The highest BCUT2D eigenvalue weighted by Gasteiger charge is 2.27. The summed E-state index contributed by atoms with van der Waals surface area (Å²) in [6.07, 6.45) is 0.767. The highest BCUT2D eigenvalue weighted by Crippen LogP contribution is 2.21. The molecule has 19 heavy (non-hydrogen) atoms. The van der Waals surface area contributed by atoms with Gasteiger partial charge in [0.25, 0.3) is 0 Å². The quantitative estimate of drug-likeness (QED) is 0.354. The molecule has 6 heteroatoms. The summed E-state index contributed by atoms with van der Waals surface area (Å²) in [4.78, 5) is 22.8. The first-order valence-corrected chi connectivity index (χ1v) is 6.48. The number of carbonyl (C=O) groups is 2. The van der Waals surface area contributed by atoms with Crippen LogP contribution in [0.3, 0.4) is 0 Å². The van der Waals surface area contributed by atoms with Gasteiger partial charge < -0.3 is 18.9 Å². The van der Waals surface area contributed by atoms with Crippen LogP contribution in [0, 0.1) is 5.41 Å². The van der Waals surface area contributed by atoms with Crippen molar-refractivity contribution in [1.29, 1.82) is 0 Å². The van der Waals surface area contributed by atoms with Crippen LogP contribution in [-0.4, -0.2) is 51.1 Å². The van der Waals surface area contributed by atoms with Gasteiger partial charge in [-0.15, -0.1) is 0 Å². The minimum absolute atomic E-state index is 0.0566. The number of epoxide rings is 1. The molecule has 1 aliphatic heterocycles. The maximum Gasteiger partial charge on any atom is 0.332 e. The Morgan fingerprint density at radius 2 is 1.95 bits per heavy atom. The Balaban J connectivity index is 1.98. The summed E-state index contributed by atoms with van der Waals surface area (Å²) in [5, 5.41) is 0. The van der Waals surface area contributed by atoms with E-state index in [1.807, 2.05) is 20.8 Å². The fraction of sp³-hybridized carbons (Fsp3) is 0.846. The Bertz CT molecular complexity index is 308. The maximum atomic E-state index is 11.6. The number of esters is 2. The summed E-state index contributed by atoms with van der Waals surface area (Å²) in [6.45, 7) is 6.70. The van der Waals surface area contributed by atoms with Crippen molar-refractivity contribution in [2.24, 2.45) is 5.41 Å². The normalized spacial score (nSPS) is 17.9. The second-order valence-corrected chi connectivity index (χ2v) is 5.06. The molecule has 0 aliphatic carbocycles. The smallest absolute Gasteiger partial charge is 0.332 e. The molecular weight excluding hydrogens is 252 g/mol. The van der Waals surface area contributed by atoms with E-state index in [0.717, 1.165) is 0 Å². The van der Waals surface area contributed by atoms with E-state index in [-0.39, 0.29) is 38.5 Å². The fourth-order valence-electron chi connectivity index (χ4n) is 1.08. The van der Waals surface area contributed by atoms with E-state index in [1.165, 1.54) is 0 Å². The first kappa shape index (κ1) is 15.9. The molecule has 1 unspecified atom stereocenters. The van der Waals surface area contributed by atoms with Crippen molar-refractivity contribution in [2.75, 3.05) is 33.0 Å². The lowest BCUT2D eigenvalue weighted by atomic mass is 9.91. The van der Waals surface area contributed by atoms with Gasteiger partial charge in [0.05, 0.1) is 18.6 Å². The molecule has 1 heterocycles. The van der Waals surface area contributed by atoms with Crippen LogP contribution in [0.5, 0.6) is 0 Å². The van der Waals surface area contributed by atoms with Crippen LogP contribution in [0.1, 0.15) is 27.2 Å². The molecule has 1 saturated heterocycles. The van der Waals surface area contributed by atoms with E-state index in [0.29, 0.717) is 13.0 Å². The van der Waals surface area contributed by atoms with Crippen molar-refractivity contribution in [3.05, 3.63) is 0 Å². The van der Waals surface area contributed by atoms with Crippen molar-refractivity contribution in [3.8, 4) is 0 Å². The number of hydrogen-bond acceptors (Lipinski definition) is 6. The third-order valence-electron chi connectivity index (χ3n) is 2.95. The van der Waals surface area contributed by atoms with Crippen molar-refractivity contribution in [1.82, 2.24) is 0 Å². The second kappa shape index (κ2) is 7.45. The number of carbonyl (C=O) groups excluding carboxylic acids is 2. The van der Waals surface area contributed by atoms with Crippen LogP contribution < -0.4 is 0 Å². The maximum absolute atomic E-state index is 11.6. The van der Waals surface area contributed by atoms with Crippen molar-refractivity contribution < 1.29 is 28.5 Å². The zero-order valence-electron chi connectivity index (χ0n) is 11.8. The van der Waals surface area contributed by atoms with E-state index >= 15 is 0 Å². The lowest BCUT2D eigenvalue weighted by molar-refractivity contribution is -0.157. The molecule has 0 aromatic heterocycles. The molecule has 110 valence electrons. The van der Waals surface area contributed by atoms with Crippen LogP contribution in [0.2, 0.25) is 0 Å². The van der Waals surface area contributed by atoms with Crippen LogP contribution in [0.25, 0.3) is 0 Å². The molecule has 1 fully saturated rings. The lowest BCUT2D eigenvalue weighted by Crippen LogP contribution is -2.27. The zero-order chi connectivity index (χ0) is 14.3. The van der Waals surface area contributed by atoms with Gasteiger partial charge in [-0.25, -0.2) is 4.79 Å². The van der Waals surface area contributed by atoms with E-state index < -0.39 is 11.4 Å². The summed E-state index contributed by atoms with van der Waals surface area (Å²) >= 11 is 0. The van der Waals surface area contributed by atoms with Crippen LogP contribution in [0.15, 0.2) is 0 Å². The predicted octanol–water partition coefficient (Wildman–Crippen LogP) is 0.924. The Hall–Kier alpha value is -1.14. The zero-order valence-corrected chi connectivity index (χ0v) is 11.8. The third kappa shape index (κ3) is 6.54. The summed E-state index contributed by atoms with van der Waals surface area (Å²) in [6, 6.07) is 0. The van der Waals surface area contributed by atoms with E-state index in [9.17, 15) is 9.59 Å². The lowest BCUT2D eigenvalue weighted by Gasteiger charge is -2.20. The predicted molar refractivity (Wildman–Crippen MR) is 66.5 cm³/mol. The van der Waals surface area contributed by atoms with Gasteiger partial charge in [0, 0.05) is 0 Å². The summed E-state index contributed by atoms with van der Waals surface area (Å²) in [5.41, 5.74) is -0.483. The molecular formula is C13H22O6. The van der Waals surface area contributed by atoms with E-state index in [1.54, 1.807) is 0 Å². The van der Waals surface area contributed by atoms with Crippen molar-refractivity contribution in [2.45, 2.75) is 33.3 Å². The standard InChI is InChI=1S/C13H22O6/c1-4-13(2,3)12(15)17-6-5-16-9-11(14)19-8-10-7-18-10/h10H,4-9H2,1-3H3. The minimum Gasteiger partial charge on any atom is -0.463 e. The Kier molecular flexibility index (Phi) is 6.24. The highest BCUT2D eigenvalue weighted by molar-refractivity contribution is 5.75. The molecule has 1 aliphatic rings. The molecule has 0 N–H and O–H groups in total. The summed E-state index contributed by atoms with van der Waals surface area (Å²) in [5.74, 6) is -0.692. The van der Waals surface area contributed by atoms with Gasteiger partial charge in [-0.3, -0.25) is 4.79 Å². The summed E-state index contributed by atoms with van der Waals surface area (Å²) in [7, 11) is 0. The first-order chi connectivity index (χ1) is 8.95. The number of rotatable bonds is 9. The number of ether oxygens (including phenoxy) is 4. The molecule has 0 radical (unpaired) electrons. The molecule has 6 nitrogen and oxygen atoms in total. The van der Waals surface area contributed by atoms with Gasteiger partial charge >= 0.3 is 11.9 Å². The third-order valence-corrected chi connectivity index (χ3v) is 2.95. The highest BCUT2D eigenvalue weighted by atomic mass is 16.6. The van der Waals surface area contributed by atoms with Gasteiger partial charge in [0.2, 0.25) is 0 Å². The monoisotopic (exact) mass is 274 g/mol.